The van der Waals surface area contributed by atoms with E-state index in [1.807, 2.05) is 4.90 Å². The molecule has 5 heteroatoms. The Hall–Kier alpha value is -0.650. The van der Waals surface area contributed by atoms with Crippen LogP contribution in [-0.4, -0.2) is 84.7 Å². The zero-order valence-electron chi connectivity index (χ0n) is 12.9. The van der Waals surface area contributed by atoms with Crippen molar-refractivity contribution in [3.63, 3.8) is 0 Å². The van der Waals surface area contributed by atoms with Gasteiger partial charge in [-0.15, -0.1) is 0 Å². The zero-order chi connectivity index (χ0) is 14.5. The van der Waals surface area contributed by atoms with Crippen LogP contribution in [0.3, 0.4) is 0 Å². The number of aliphatic hydroxyl groups is 1. The molecule has 0 aromatic carbocycles. The Morgan fingerprint density at radius 1 is 1.30 bits per heavy atom. The molecule has 1 heterocycles. The van der Waals surface area contributed by atoms with Crippen LogP contribution in [0, 0.1) is 0 Å². The summed E-state index contributed by atoms with van der Waals surface area (Å²) in [7, 11) is 4.15. The molecule has 1 atom stereocenters. The van der Waals surface area contributed by atoms with Gasteiger partial charge in [-0.1, -0.05) is 12.8 Å². The van der Waals surface area contributed by atoms with E-state index in [9.17, 15) is 4.79 Å². The molecule has 0 bridgehead atoms. The van der Waals surface area contributed by atoms with E-state index < -0.39 is 0 Å². The van der Waals surface area contributed by atoms with E-state index in [-0.39, 0.29) is 12.5 Å². The third kappa shape index (κ3) is 3.93. The number of aliphatic hydroxyl groups excluding tert-OH is 1. The van der Waals surface area contributed by atoms with Gasteiger partial charge < -0.3 is 10.0 Å². The molecule has 116 valence electrons. The van der Waals surface area contributed by atoms with Crippen molar-refractivity contribution in [3.8, 4) is 0 Å². The summed E-state index contributed by atoms with van der Waals surface area (Å²) in [4.78, 5) is 18.9. The van der Waals surface area contributed by atoms with Crippen LogP contribution in [0.15, 0.2) is 0 Å². The van der Waals surface area contributed by atoms with Crippen LogP contribution in [0.4, 0.5) is 0 Å². The first-order chi connectivity index (χ1) is 9.61. The quantitative estimate of drug-likeness (QED) is 0.793. The lowest BCUT2D eigenvalue weighted by Gasteiger charge is -2.40. The van der Waals surface area contributed by atoms with E-state index in [0.29, 0.717) is 18.6 Å². The number of rotatable bonds is 5. The summed E-state index contributed by atoms with van der Waals surface area (Å²) >= 11 is 0. The summed E-state index contributed by atoms with van der Waals surface area (Å²) in [5.74, 6) is 0.246. The van der Waals surface area contributed by atoms with Crippen LogP contribution in [0.1, 0.15) is 32.1 Å². The molecule has 1 amide bonds. The first kappa shape index (κ1) is 15.7. The molecule has 1 saturated heterocycles. The molecule has 0 aromatic heterocycles. The number of hydrogen-bond donors (Lipinski definition) is 1. The number of carbonyl (C=O) groups is 1. The van der Waals surface area contributed by atoms with Crippen molar-refractivity contribution in [2.24, 2.45) is 0 Å². The second kappa shape index (κ2) is 7.38. The van der Waals surface area contributed by atoms with Crippen LogP contribution in [0.25, 0.3) is 0 Å². The van der Waals surface area contributed by atoms with Crippen LogP contribution >= 0.6 is 0 Å². The van der Waals surface area contributed by atoms with Gasteiger partial charge in [0.15, 0.2) is 0 Å². The Kier molecular flexibility index (Phi) is 5.81. The first-order valence-corrected chi connectivity index (χ1v) is 7.91. The fraction of sp³-hybridized carbons (Fsp3) is 0.933. The van der Waals surface area contributed by atoms with Gasteiger partial charge in [-0.05, 0) is 33.4 Å². The van der Waals surface area contributed by atoms with Crippen molar-refractivity contribution in [2.75, 3.05) is 46.9 Å². The maximum atomic E-state index is 12.4. The third-order valence-electron chi connectivity index (χ3n) is 4.92. The van der Waals surface area contributed by atoms with Crippen molar-refractivity contribution < 1.29 is 9.90 Å². The second-order valence-corrected chi connectivity index (χ2v) is 6.34. The van der Waals surface area contributed by atoms with Gasteiger partial charge in [-0.3, -0.25) is 14.6 Å². The predicted octanol–water partition coefficient (Wildman–Crippen LogP) is 0.386. The van der Waals surface area contributed by atoms with E-state index in [1.165, 1.54) is 25.7 Å². The van der Waals surface area contributed by atoms with Gasteiger partial charge in [0, 0.05) is 38.3 Å². The van der Waals surface area contributed by atoms with Crippen LogP contribution in [-0.2, 0) is 4.79 Å². The van der Waals surface area contributed by atoms with Gasteiger partial charge in [-0.2, -0.15) is 0 Å². The average molecular weight is 283 g/mol. The summed E-state index contributed by atoms with van der Waals surface area (Å²) in [6.45, 7) is 3.22. The van der Waals surface area contributed by atoms with E-state index in [0.717, 1.165) is 26.1 Å². The number of likely N-dealkylation sites (N-methyl/N-ethyl adjacent to an activating group) is 2. The molecule has 2 fully saturated rings. The van der Waals surface area contributed by atoms with Crippen molar-refractivity contribution in [2.45, 2.75) is 44.2 Å². The Bertz CT molecular complexity index is 318. The normalized spacial score (nSPS) is 25.6. The smallest absolute Gasteiger partial charge is 0.236 e. The van der Waals surface area contributed by atoms with E-state index >= 15 is 0 Å². The largest absolute Gasteiger partial charge is 0.396 e. The Labute approximate surface area is 122 Å². The molecule has 20 heavy (non-hydrogen) atoms. The fourth-order valence-corrected chi connectivity index (χ4v) is 3.42. The minimum Gasteiger partial charge on any atom is -0.396 e. The summed E-state index contributed by atoms with van der Waals surface area (Å²) < 4.78 is 0. The lowest BCUT2D eigenvalue weighted by molar-refractivity contribution is -0.135. The molecule has 0 spiro atoms. The van der Waals surface area contributed by atoms with Gasteiger partial charge in [-0.25, -0.2) is 0 Å². The van der Waals surface area contributed by atoms with E-state index in [1.54, 1.807) is 0 Å². The van der Waals surface area contributed by atoms with Gasteiger partial charge in [0.1, 0.15) is 0 Å². The van der Waals surface area contributed by atoms with E-state index in [4.69, 9.17) is 5.11 Å². The second-order valence-electron chi connectivity index (χ2n) is 6.34. The molecule has 1 aliphatic heterocycles. The first-order valence-electron chi connectivity index (χ1n) is 7.91. The predicted molar refractivity (Wildman–Crippen MR) is 79.6 cm³/mol. The molecule has 0 radical (unpaired) electrons. The highest BCUT2D eigenvalue weighted by Gasteiger charge is 2.28. The van der Waals surface area contributed by atoms with Crippen molar-refractivity contribution >= 4 is 5.91 Å². The maximum absolute atomic E-state index is 12.4. The molecule has 0 unspecified atom stereocenters. The number of hydrogen-bond acceptors (Lipinski definition) is 4. The fourth-order valence-electron chi connectivity index (χ4n) is 3.42. The van der Waals surface area contributed by atoms with Gasteiger partial charge in [0.2, 0.25) is 5.91 Å². The topological polar surface area (TPSA) is 47.0 Å². The molecule has 1 N–H and O–H groups in total. The highest BCUT2D eigenvalue weighted by Crippen LogP contribution is 2.22. The summed E-state index contributed by atoms with van der Waals surface area (Å²) in [6.07, 6.45) is 5.82. The van der Waals surface area contributed by atoms with Crippen molar-refractivity contribution in [3.05, 3.63) is 0 Å². The Morgan fingerprint density at radius 3 is 2.65 bits per heavy atom. The van der Waals surface area contributed by atoms with Gasteiger partial charge >= 0.3 is 0 Å². The number of piperazine rings is 1. The lowest BCUT2D eigenvalue weighted by atomic mass is 10.1. The zero-order valence-corrected chi connectivity index (χ0v) is 12.9. The van der Waals surface area contributed by atoms with Crippen LogP contribution in [0.5, 0.6) is 0 Å². The molecule has 1 saturated carbocycles. The maximum Gasteiger partial charge on any atom is 0.236 e. The van der Waals surface area contributed by atoms with Crippen LogP contribution < -0.4 is 0 Å². The molecule has 2 aliphatic rings. The minimum atomic E-state index is 0.193. The molecular formula is C15H29N3O2. The van der Waals surface area contributed by atoms with Crippen molar-refractivity contribution in [1.29, 1.82) is 0 Å². The number of amides is 1. The lowest BCUT2D eigenvalue weighted by Crippen LogP contribution is -2.55. The molecule has 0 aromatic rings. The SMILES string of the molecule is CN(CC(=O)N1CCN(C)[C@@H](CCO)C1)C1CCCC1. The number of nitrogens with zero attached hydrogens (tertiary/aromatic N) is 3. The molecular weight excluding hydrogens is 254 g/mol. The molecule has 5 nitrogen and oxygen atoms in total. The third-order valence-corrected chi connectivity index (χ3v) is 4.92. The Balaban J connectivity index is 1.82. The van der Waals surface area contributed by atoms with Crippen molar-refractivity contribution in [1.82, 2.24) is 14.7 Å². The summed E-state index contributed by atoms with van der Waals surface area (Å²) in [5, 5.41) is 9.11. The Morgan fingerprint density at radius 2 is 2.00 bits per heavy atom. The minimum absolute atomic E-state index is 0.193. The molecule has 1 aliphatic carbocycles. The van der Waals surface area contributed by atoms with Gasteiger partial charge in [0.05, 0.1) is 6.54 Å². The highest BCUT2D eigenvalue weighted by molar-refractivity contribution is 5.78. The average Bonchev–Trinajstić information content (AvgIpc) is 2.95. The summed E-state index contributed by atoms with van der Waals surface area (Å²) in [5.41, 5.74) is 0. The summed E-state index contributed by atoms with van der Waals surface area (Å²) in [6, 6.07) is 0.897. The number of carbonyl (C=O) groups excluding carboxylic acids is 1. The van der Waals surface area contributed by atoms with E-state index in [2.05, 4.69) is 23.9 Å². The molecule has 2 rings (SSSR count). The van der Waals surface area contributed by atoms with Crippen LogP contribution in [0.2, 0.25) is 0 Å². The van der Waals surface area contributed by atoms with Gasteiger partial charge in [0.25, 0.3) is 0 Å². The highest BCUT2D eigenvalue weighted by atomic mass is 16.3. The standard InChI is InChI=1S/C15H29N3O2/c1-16-8-9-18(11-14(16)7-10-19)15(20)12-17(2)13-5-3-4-6-13/h13-14,19H,3-12H2,1-2H3/t14-/m0/s1. The monoisotopic (exact) mass is 283 g/mol.